The highest BCUT2D eigenvalue weighted by atomic mass is 16.7. The number of phenols is 1. The predicted octanol–water partition coefficient (Wildman–Crippen LogP) is -1.74. The molecule has 31 heavy (non-hydrogen) atoms. The van der Waals surface area contributed by atoms with Crippen molar-refractivity contribution < 1.29 is 54.4 Å². The van der Waals surface area contributed by atoms with E-state index in [0.717, 1.165) is 6.08 Å². The summed E-state index contributed by atoms with van der Waals surface area (Å²) < 4.78 is 15.8. The normalized spacial score (nSPS) is 33.2. The highest BCUT2D eigenvalue weighted by Gasteiger charge is 2.46. The highest BCUT2D eigenvalue weighted by molar-refractivity contribution is 6.09. The molecule has 1 aromatic carbocycles. The Morgan fingerprint density at radius 1 is 1.19 bits per heavy atom. The molecule has 11 nitrogen and oxygen atoms in total. The molecule has 0 aromatic heterocycles. The number of carbonyl (C=O) groups is 2. The Hall–Kier alpha value is -2.54. The molecule has 3 rings (SSSR count). The van der Waals surface area contributed by atoms with Gasteiger partial charge in [-0.05, 0) is 18.6 Å². The minimum absolute atomic E-state index is 0.0142. The highest BCUT2D eigenvalue weighted by Crippen LogP contribution is 2.34. The zero-order chi connectivity index (χ0) is 22.8. The third kappa shape index (κ3) is 4.56. The number of ether oxygens (including phenoxy) is 3. The lowest BCUT2D eigenvalue weighted by molar-refractivity contribution is -0.277. The Balaban J connectivity index is 1.76. The van der Waals surface area contributed by atoms with Crippen molar-refractivity contribution in [1.29, 1.82) is 0 Å². The lowest BCUT2D eigenvalue weighted by atomic mass is 9.90. The number of hydrogen-bond donors (Lipinski definition) is 6. The van der Waals surface area contributed by atoms with Crippen molar-refractivity contribution in [2.45, 2.75) is 55.8 Å². The quantitative estimate of drug-likeness (QED) is 0.168. The van der Waals surface area contributed by atoms with Gasteiger partial charge in [0.05, 0.1) is 6.61 Å². The molecule has 1 saturated heterocycles. The van der Waals surface area contributed by atoms with Crippen LogP contribution in [0.4, 0.5) is 0 Å². The van der Waals surface area contributed by atoms with E-state index in [1.54, 1.807) is 0 Å². The molecule has 1 heterocycles. The van der Waals surface area contributed by atoms with E-state index >= 15 is 0 Å². The molecule has 2 aliphatic rings. The monoisotopic (exact) mass is 440 g/mol. The van der Waals surface area contributed by atoms with E-state index in [1.807, 2.05) is 0 Å². The van der Waals surface area contributed by atoms with E-state index in [-0.39, 0.29) is 17.7 Å². The second-order valence-corrected chi connectivity index (χ2v) is 7.29. The lowest BCUT2D eigenvalue weighted by Gasteiger charge is -2.39. The summed E-state index contributed by atoms with van der Waals surface area (Å²) in [7, 11) is 0. The second-order valence-electron chi connectivity index (χ2n) is 7.29. The zero-order valence-corrected chi connectivity index (χ0v) is 16.3. The van der Waals surface area contributed by atoms with Gasteiger partial charge in [-0.1, -0.05) is 18.2 Å². The van der Waals surface area contributed by atoms with E-state index in [0.29, 0.717) is 6.42 Å². The maximum absolute atomic E-state index is 12.3. The lowest BCUT2D eigenvalue weighted by Crippen LogP contribution is -2.60. The Morgan fingerprint density at radius 3 is 2.61 bits per heavy atom. The summed E-state index contributed by atoms with van der Waals surface area (Å²) in [5.41, 5.74) is -2.30. The van der Waals surface area contributed by atoms with Crippen LogP contribution in [0, 0.1) is 0 Å². The molecule has 1 aliphatic heterocycles. The van der Waals surface area contributed by atoms with E-state index < -0.39 is 67.0 Å². The van der Waals surface area contributed by atoms with Crippen LogP contribution < -0.4 is 4.74 Å². The number of ketones is 1. The summed E-state index contributed by atoms with van der Waals surface area (Å²) in [6.45, 7) is -1.18. The van der Waals surface area contributed by atoms with Crippen LogP contribution >= 0.6 is 0 Å². The van der Waals surface area contributed by atoms with Gasteiger partial charge >= 0.3 is 5.97 Å². The summed E-state index contributed by atoms with van der Waals surface area (Å²) in [5.74, 6) is -2.58. The predicted molar refractivity (Wildman–Crippen MR) is 101 cm³/mol. The summed E-state index contributed by atoms with van der Waals surface area (Å²) in [5, 5.41) is 59.6. The van der Waals surface area contributed by atoms with Crippen molar-refractivity contribution in [3.63, 3.8) is 0 Å². The molecule has 0 saturated carbocycles. The molecule has 1 fully saturated rings. The fraction of sp³-hybridized carbons (Fsp3) is 0.500. The summed E-state index contributed by atoms with van der Waals surface area (Å²) in [6.07, 6.45) is -4.87. The van der Waals surface area contributed by atoms with Gasteiger partial charge in [0.25, 0.3) is 0 Å². The molecule has 6 atom stereocenters. The maximum Gasteiger partial charge on any atom is 0.350 e. The fourth-order valence-corrected chi connectivity index (χ4v) is 3.29. The van der Waals surface area contributed by atoms with Crippen molar-refractivity contribution in [2.24, 2.45) is 0 Å². The Labute approximate surface area is 176 Å². The number of carbonyl (C=O) groups excluding carboxylic acids is 2. The third-order valence-electron chi connectivity index (χ3n) is 5.15. The van der Waals surface area contributed by atoms with Crippen molar-refractivity contribution in [3.8, 4) is 11.5 Å². The molecule has 0 radical (unpaired) electrons. The summed E-state index contributed by atoms with van der Waals surface area (Å²) in [4.78, 5) is 24.2. The van der Waals surface area contributed by atoms with Crippen molar-refractivity contribution in [1.82, 2.24) is 0 Å². The van der Waals surface area contributed by atoms with E-state index in [2.05, 4.69) is 0 Å². The van der Waals surface area contributed by atoms with Crippen LogP contribution in [0.15, 0.2) is 30.4 Å². The molecule has 0 bridgehead atoms. The number of aliphatic hydroxyl groups is 5. The van der Waals surface area contributed by atoms with Crippen LogP contribution in [-0.4, -0.2) is 85.3 Å². The molecule has 0 unspecified atom stereocenters. The minimum Gasteiger partial charge on any atom is -0.504 e. The van der Waals surface area contributed by atoms with Crippen LogP contribution in [0.3, 0.4) is 0 Å². The molecular weight excluding hydrogens is 416 g/mol. The average Bonchev–Trinajstić information content (AvgIpc) is 2.76. The molecular formula is C20H24O11. The fourth-order valence-electron chi connectivity index (χ4n) is 3.29. The van der Waals surface area contributed by atoms with E-state index in [1.165, 1.54) is 24.3 Å². The van der Waals surface area contributed by atoms with Gasteiger partial charge < -0.3 is 44.8 Å². The van der Waals surface area contributed by atoms with Gasteiger partial charge in [0.1, 0.15) is 31.0 Å². The van der Waals surface area contributed by atoms with Gasteiger partial charge in [0.15, 0.2) is 17.3 Å². The van der Waals surface area contributed by atoms with Gasteiger partial charge in [-0.15, -0.1) is 0 Å². The number of allylic oxidation sites excluding steroid dienone is 1. The van der Waals surface area contributed by atoms with E-state index in [9.17, 15) is 40.2 Å². The maximum atomic E-state index is 12.3. The van der Waals surface area contributed by atoms with Crippen LogP contribution in [0.25, 0.3) is 0 Å². The molecule has 6 N–H and O–H groups in total. The number of rotatable bonds is 6. The molecule has 170 valence electrons. The molecule has 11 heteroatoms. The first-order chi connectivity index (χ1) is 14.7. The number of phenolic OH excluding ortho intramolecular Hbond substituents is 1. The standard InChI is InChI=1S/C20H24O11/c21-8-12-14(24)15(25)16(26)18(30-12)31-17-10(4-3-5-11(17)22)9-29-19(27)20(28)7-2-1-6-13(20)23/h2-5,7,12,14-16,18,21-22,24-26,28H,1,6,8-9H2/t12-,14+,15+,16+,18+,20+/m0/s1. The number of hydrogen-bond acceptors (Lipinski definition) is 11. The van der Waals surface area contributed by atoms with Crippen molar-refractivity contribution in [2.75, 3.05) is 6.61 Å². The van der Waals surface area contributed by atoms with Gasteiger partial charge in [-0.25, -0.2) is 4.79 Å². The first kappa shape index (κ1) is 23.1. The largest absolute Gasteiger partial charge is 0.504 e. The molecule has 1 aromatic rings. The number of para-hydroxylation sites is 1. The minimum atomic E-state index is -2.40. The number of esters is 1. The van der Waals surface area contributed by atoms with Crippen LogP contribution in [0.1, 0.15) is 18.4 Å². The zero-order valence-electron chi connectivity index (χ0n) is 16.3. The Bertz CT molecular complexity index is 852. The number of aliphatic hydroxyl groups excluding tert-OH is 4. The Kier molecular flexibility index (Phi) is 6.94. The molecule has 1 aliphatic carbocycles. The number of Topliss-reactive ketones (excluding diaryl/α,β-unsaturated/α-hetero) is 1. The second kappa shape index (κ2) is 9.30. The van der Waals surface area contributed by atoms with Crippen LogP contribution in [0.5, 0.6) is 11.5 Å². The van der Waals surface area contributed by atoms with Crippen LogP contribution in [-0.2, 0) is 25.7 Å². The van der Waals surface area contributed by atoms with Gasteiger partial charge in [-0.3, -0.25) is 4.79 Å². The first-order valence-electron chi connectivity index (χ1n) is 9.57. The van der Waals surface area contributed by atoms with Crippen molar-refractivity contribution >= 4 is 11.8 Å². The molecule has 0 amide bonds. The number of benzene rings is 1. The van der Waals surface area contributed by atoms with E-state index in [4.69, 9.17) is 14.2 Å². The average molecular weight is 440 g/mol. The Morgan fingerprint density at radius 2 is 1.94 bits per heavy atom. The van der Waals surface area contributed by atoms with Gasteiger partial charge in [0.2, 0.25) is 11.9 Å². The van der Waals surface area contributed by atoms with Crippen LogP contribution in [0.2, 0.25) is 0 Å². The molecule has 0 spiro atoms. The van der Waals surface area contributed by atoms with Gasteiger partial charge in [-0.2, -0.15) is 0 Å². The summed E-state index contributed by atoms with van der Waals surface area (Å²) in [6, 6.07) is 4.07. The van der Waals surface area contributed by atoms with Crippen molar-refractivity contribution in [3.05, 3.63) is 35.9 Å². The third-order valence-corrected chi connectivity index (χ3v) is 5.15. The van der Waals surface area contributed by atoms with Gasteiger partial charge in [0, 0.05) is 12.0 Å². The summed E-state index contributed by atoms with van der Waals surface area (Å²) >= 11 is 0. The smallest absolute Gasteiger partial charge is 0.350 e. The SMILES string of the molecule is O=C1CCC=C[C@]1(O)C(=O)OCc1cccc(O)c1O[C@H]1O[C@@H](CO)[C@@H](O)[C@@H](O)[C@H]1O. The topological polar surface area (TPSA) is 183 Å². The first-order valence-corrected chi connectivity index (χ1v) is 9.57. The number of aromatic hydroxyl groups is 1.